The Morgan fingerprint density at radius 1 is 1.43 bits per heavy atom. The van der Waals surface area contributed by atoms with Gasteiger partial charge in [0.15, 0.2) is 0 Å². The molecule has 1 aromatic rings. The number of thiol groups is 1. The second kappa shape index (κ2) is 10.7. The molecule has 0 aliphatic heterocycles. The Kier molecular flexibility index (Phi) is 8.86. The van der Waals surface area contributed by atoms with Crippen LogP contribution in [0.4, 0.5) is 0 Å². The third kappa shape index (κ3) is 7.71. The van der Waals surface area contributed by atoms with Crippen molar-refractivity contribution in [3.05, 3.63) is 42.0 Å². The molecule has 1 rings (SSSR count). The lowest BCUT2D eigenvalue weighted by atomic mass is 10.2. The number of nitrogens with two attached hydrogens (primary N) is 1. The maximum atomic E-state index is 11.9. The van der Waals surface area contributed by atoms with Gasteiger partial charge in [-0.3, -0.25) is 9.59 Å². The summed E-state index contributed by atoms with van der Waals surface area (Å²) in [5.74, 6) is 0.320. The van der Waals surface area contributed by atoms with Crippen molar-refractivity contribution >= 4 is 24.5 Å². The van der Waals surface area contributed by atoms with Crippen LogP contribution in [0.25, 0.3) is 0 Å². The van der Waals surface area contributed by atoms with E-state index in [1.807, 2.05) is 12.2 Å². The third-order valence-corrected chi connectivity index (χ3v) is 3.29. The van der Waals surface area contributed by atoms with Gasteiger partial charge in [-0.2, -0.15) is 12.6 Å². The predicted octanol–water partition coefficient (Wildman–Crippen LogP) is 1.17. The molecule has 0 heterocycles. The second-order valence-electron chi connectivity index (χ2n) is 4.70. The van der Waals surface area contributed by atoms with Crippen molar-refractivity contribution in [3.63, 3.8) is 0 Å². The number of carbonyl (C=O) groups is 2. The van der Waals surface area contributed by atoms with Crippen molar-refractivity contribution in [2.75, 3.05) is 26.0 Å². The fourth-order valence-corrected chi connectivity index (χ4v) is 1.75. The number of amides is 1. The summed E-state index contributed by atoms with van der Waals surface area (Å²) in [7, 11) is 1.26. The summed E-state index contributed by atoms with van der Waals surface area (Å²) in [6, 6.07) is 6.69. The summed E-state index contributed by atoms with van der Waals surface area (Å²) in [4.78, 5) is 22.9. The van der Waals surface area contributed by atoms with Gasteiger partial charge in [0.1, 0.15) is 12.3 Å². The molecule has 1 unspecified atom stereocenters. The fourth-order valence-electron chi connectivity index (χ4n) is 1.63. The van der Waals surface area contributed by atoms with Gasteiger partial charge in [-0.25, -0.2) is 0 Å². The van der Waals surface area contributed by atoms with Crippen molar-refractivity contribution < 1.29 is 19.1 Å². The summed E-state index contributed by atoms with van der Waals surface area (Å²) in [6.07, 6.45) is 4.53. The van der Waals surface area contributed by atoms with E-state index in [0.717, 1.165) is 0 Å². The number of hydrogen-bond acceptors (Lipinski definition) is 6. The molecule has 23 heavy (non-hydrogen) atoms. The van der Waals surface area contributed by atoms with E-state index in [1.54, 1.807) is 24.3 Å². The lowest BCUT2D eigenvalue weighted by Crippen LogP contribution is -2.30. The van der Waals surface area contributed by atoms with Crippen molar-refractivity contribution in [2.45, 2.75) is 12.5 Å². The lowest BCUT2D eigenvalue weighted by molar-refractivity contribution is -0.139. The summed E-state index contributed by atoms with van der Waals surface area (Å²) >= 11 is 4.09. The zero-order valence-corrected chi connectivity index (χ0v) is 13.9. The van der Waals surface area contributed by atoms with Gasteiger partial charge in [0.25, 0.3) is 5.91 Å². The zero-order valence-electron chi connectivity index (χ0n) is 13.0. The minimum atomic E-state index is -0.503. The zero-order chi connectivity index (χ0) is 17.1. The van der Waals surface area contributed by atoms with Crippen LogP contribution < -0.4 is 15.8 Å². The summed E-state index contributed by atoms with van der Waals surface area (Å²) < 4.78 is 10.0. The molecule has 0 bridgehead atoms. The highest BCUT2D eigenvalue weighted by molar-refractivity contribution is 7.80. The number of hydrogen-bond donors (Lipinski definition) is 3. The highest BCUT2D eigenvalue weighted by atomic mass is 32.1. The van der Waals surface area contributed by atoms with Crippen LogP contribution in [0.3, 0.4) is 0 Å². The van der Waals surface area contributed by atoms with Gasteiger partial charge in [0.2, 0.25) is 0 Å². The number of benzene rings is 1. The Bertz CT molecular complexity index is 549. The average molecular weight is 338 g/mol. The van der Waals surface area contributed by atoms with E-state index < -0.39 is 5.97 Å². The monoisotopic (exact) mass is 338 g/mol. The van der Waals surface area contributed by atoms with E-state index in [0.29, 0.717) is 30.1 Å². The maximum absolute atomic E-state index is 11.9. The SMILES string of the molecule is COC(=O)CNC(=O)c1cccc(OCC/C=C/C(N)CS)c1. The van der Waals surface area contributed by atoms with Crippen LogP contribution in [-0.4, -0.2) is 43.9 Å². The number of carbonyl (C=O) groups excluding carboxylic acids is 2. The Morgan fingerprint density at radius 3 is 2.91 bits per heavy atom. The van der Waals surface area contributed by atoms with Gasteiger partial charge >= 0.3 is 5.97 Å². The van der Waals surface area contributed by atoms with E-state index in [9.17, 15) is 9.59 Å². The Balaban J connectivity index is 2.45. The van der Waals surface area contributed by atoms with Gasteiger partial charge in [0.05, 0.1) is 13.7 Å². The van der Waals surface area contributed by atoms with Crippen molar-refractivity contribution in [1.82, 2.24) is 5.32 Å². The quantitative estimate of drug-likeness (QED) is 0.272. The smallest absolute Gasteiger partial charge is 0.325 e. The molecule has 0 aliphatic rings. The fraction of sp³-hybridized carbons (Fsp3) is 0.375. The molecule has 1 atom stereocenters. The molecule has 0 spiro atoms. The standard InChI is InChI=1S/C16H22N2O4S/c1-21-15(19)10-18-16(20)12-5-4-7-14(9-12)22-8-3-2-6-13(17)11-23/h2,4-7,9,13,23H,3,8,10-11,17H2,1H3,(H,18,20)/b6-2+. The number of esters is 1. The van der Waals surface area contributed by atoms with Gasteiger partial charge in [0, 0.05) is 17.4 Å². The molecule has 0 fully saturated rings. The number of methoxy groups -OCH3 is 1. The minimum absolute atomic E-state index is 0.0554. The topological polar surface area (TPSA) is 90.6 Å². The van der Waals surface area contributed by atoms with Crippen molar-refractivity contribution in [2.24, 2.45) is 5.73 Å². The summed E-state index contributed by atoms with van der Waals surface area (Å²) in [5, 5.41) is 2.47. The van der Waals surface area contributed by atoms with Crippen molar-refractivity contribution in [1.29, 1.82) is 0 Å². The van der Waals surface area contributed by atoms with E-state index in [2.05, 4.69) is 22.7 Å². The van der Waals surface area contributed by atoms with Crippen LogP contribution >= 0.6 is 12.6 Å². The largest absolute Gasteiger partial charge is 0.493 e. The van der Waals surface area contributed by atoms with Crippen LogP contribution in [0.2, 0.25) is 0 Å². The molecule has 0 saturated carbocycles. The van der Waals surface area contributed by atoms with E-state index in [-0.39, 0.29) is 18.5 Å². The average Bonchev–Trinajstić information content (AvgIpc) is 2.58. The first-order valence-corrected chi connectivity index (χ1v) is 7.81. The molecule has 0 saturated heterocycles. The molecule has 1 aromatic carbocycles. The highest BCUT2D eigenvalue weighted by Gasteiger charge is 2.08. The van der Waals surface area contributed by atoms with Gasteiger partial charge in [-0.1, -0.05) is 18.2 Å². The Hall–Kier alpha value is -1.99. The van der Waals surface area contributed by atoms with Crippen LogP contribution in [0.5, 0.6) is 5.75 Å². The summed E-state index contributed by atoms with van der Waals surface area (Å²) in [6.45, 7) is 0.305. The lowest BCUT2D eigenvalue weighted by Gasteiger charge is -2.08. The molecule has 7 heteroatoms. The number of nitrogens with one attached hydrogen (secondary N) is 1. The first kappa shape index (κ1) is 19.1. The molecule has 0 radical (unpaired) electrons. The second-order valence-corrected chi connectivity index (χ2v) is 5.06. The first-order valence-electron chi connectivity index (χ1n) is 7.17. The predicted molar refractivity (Wildman–Crippen MR) is 91.9 cm³/mol. The number of ether oxygens (including phenoxy) is 2. The first-order chi connectivity index (χ1) is 11.1. The third-order valence-electron chi connectivity index (χ3n) is 2.86. The molecule has 6 nitrogen and oxygen atoms in total. The molecule has 0 aliphatic carbocycles. The van der Waals surface area contributed by atoms with E-state index in [4.69, 9.17) is 10.5 Å². The molecule has 126 valence electrons. The number of rotatable bonds is 9. The molecule has 3 N–H and O–H groups in total. The maximum Gasteiger partial charge on any atom is 0.325 e. The van der Waals surface area contributed by atoms with Gasteiger partial charge in [-0.15, -0.1) is 0 Å². The van der Waals surface area contributed by atoms with E-state index in [1.165, 1.54) is 7.11 Å². The Labute approximate surface area is 141 Å². The molecular formula is C16H22N2O4S. The van der Waals surface area contributed by atoms with E-state index >= 15 is 0 Å². The molecular weight excluding hydrogens is 316 g/mol. The molecule has 0 aromatic heterocycles. The van der Waals surface area contributed by atoms with Crippen LogP contribution in [0.1, 0.15) is 16.8 Å². The Morgan fingerprint density at radius 2 is 2.22 bits per heavy atom. The van der Waals surface area contributed by atoms with Crippen molar-refractivity contribution in [3.8, 4) is 5.75 Å². The highest BCUT2D eigenvalue weighted by Crippen LogP contribution is 2.13. The van der Waals surface area contributed by atoms with Gasteiger partial charge in [-0.05, 0) is 24.6 Å². The van der Waals surface area contributed by atoms with Crippen LogP contribution in [0.15, 0.2) is 36.4 Å². The summed E-state index contributed by atoms with van der Waals surface area (Å²) in [5.41, 5.74) is 6.11. The van der Waals surface area contributed by atoms with Crippen LogP contribution in [0, 0.1) is 0 Å². The minimum Gasteiger partial charge on any atom is -0.493 e. The van der Waals surface area contributed by atoms with Gasteiger partial charge < -0.3 is 20.5 Å². The van der Waals surface area contributed by atoms with Crippen LogP contribution in [-0.2, 0) is 9.53 Å². The molecule has 1 amide bonds. The normalized spacial score (nSPS) is 12.0.